The number of hydrogen-bond acceptors (Lipinski definition) is 3. The number of nitrogens with zero attached hydrogens (tertiary/aromatic N) is 2. The fourth-order valence-corrected chi connectivity index (χ4v) is 1.37. The molecule has 0 saturated heterocycles. The lowest BCUT2D eigenvalue weighted by Gasteiger charge is -2.08. The molecular weight excluding hydrogens is 247 g/mol. The van der Waals surface area contributed by atoms with E-state index in [1.807, 2.05) is 0 Å². The summed E-state index contributed by atoms with van der Waals surface area (Å²) in [6.45, 7) is 0.173. The van der Waals surface area contributed by atoms with Crippen molar-refractivity contribution < 1.29 is 17.9 Å². The molecule has 4 nitrogen and oxygen atoms in total. The summed E-state index contributed by atoms with van der Waals surface area (Å²) in [5.74, 6) is 0.432. The van der Waals surface area contributed by atoms with Gasteiger partial charge in [-0.05, 0) is 18.2 Å². The third-order valence-corrected chi connectivity index (χ3v) is 2.19. The zero-order chi connectivity index (χ0) is 13.2. The monoisotopic (exact) mass is 257 g/mol. The molecule has 0 unspecified atom stereocenters. The minimum absolute atomic E-state index is 0.0985. The Kier molecular flexibility index (Phi) is 3.24. The molecule has 0 amide bonds. The molecule has 1 aromatic carbocycles. The zero-order valence-corrected chi connectivity index (χ0v) is 9.19. The number of hydrogen-bond donors (Lipinski definition) is 1. The third kappa shape index (κ3) is 2.80. The largest absolute Gasteiger partial charge is 0.454 e. The van der Waals surface area contributed by atoms with Gasteiger partial charge in [0.05, 0.1) is 24.6 Å². The Balaban J connectivity index is 2.19. The molecule has 0 aliphatic carbocycles. The molecule has 96 valence electrons. The topological polar surface area (TPSA) is 53.1 Å². The molecule has 2 rings (SSSR count). The minimum atomic E-state index is -4.39. The number of nitrogens with two attached hydrogens (primary N) is 1. The van der Waals surface area contributed by atoms with Crippen LogP contribution in [0.15, 0.2) is 36.7 Å². The maximum Gasteiger partial charge on any atom is 0.416 e. The average Bonchev–Trinajstić information content (AvgIpc) is 2.76. The van der Waals surface area contributed by atoms with Crippen molar-refractivity contribution in [2.24, 2.45) is 5.73 Å². The van der Waals surface area contributed by atoms with Crippen LogP contribution in [-0.2, 0) is 12.8 Å². The zero-order valence-electron chi connectivity index (χ0n) is 9.19. The summed E-state index contributed by atoms with van der Waals surface area (Å²) in [4.78, 5) is 0. The van der Waals surface area contributed by atoms with Gasteiger partial charge in [-0.3, -0.25) is 4.68 Å². The third-order valence-electron chi connectivity index (χ3n) is 2.19. The Labute approximate surface area is 101 Å². The lowest BCUT2D eigenvalue weighted by molar-refractivity contribution is -0.137. The van der Waals surface area contributed by atoms with E-state index < -0.39 is 11.7 Å². The first kappa shape index (κ1) is 12.4. The Morgan fingerprint density at radius 2 is 2.06 bits per heavy atom. The highest BCUT2D eigenvalue weighted by Crippen LogP contribution is 2.32. The van der Waals surface area contributed by atoms with Crippen molar-refractivity contribution in [3.63, 3.8) is 0 Å². The number of ether oxygens (including phenoxy) is 1. The molecule has 0 spiro atoms. The van der Waals surface area contributed by atoms with Crippen LogP contribution in [0, 0.1) is 0 Å². The predicted octanol–water partition coefficient (Wildman–Crippen LogP) is 2.61. The molecule has 2 N–H and O–H groups in total. The van der Waals surface area contributed by atoms with Gasteiger partial charge in [0.25, 0.3) is 0 Å². The van der Waals surface area contributed by atoms with E-state index in [2.05, 4.69) is 5.10 Å². The van der Waals surface area contributed by atoms with E-state index in [1.165, 1.54) is 29.2 Å². The highest BCUT2D eigenvalue weighted by atomic mass is 19.4. The second kappa shape index (κ2) is 4.69. The normalized spacial score (nSPS) is 11.6. The van der Waals surface area contributed by atoms with Crippen LogP contribution in [0.25, 0.3) is 0 Å². The predicted molar refractivity (Wildman–Crippen MR) is 57.9 cm³/mol. The molecule has 0 fully saturated rings. The molecule has 18 heavy (non-hydrogen) atoms. The Bertz CT molecular complexity index is 536. The van der Waals surface area contributed by atoms with Crippen molar-refractivity contribution in [2.75, 3.05) is 0 Å². The standard InChI is InChI=1S/C11H10F3N3O/c12-11(13,14)8-2-1-3-9(4-8)18-10-5-16-17(6-10)7-15/h1-6H,7,15H2. The van der Waals surface area contributed by atoms with Gasteiger partial charge in [0.15, 0.2) is 5.75 Å². The van der Waals surface area contributed by atoms with Gasteiger partial charge in [0.1, 0.15) is 5.75 Å². The van der Waals surface area contributed by atoms with Gasteiger partial charge in [-0.1, -0.05) is 6.07 Å². The van der Waals surface area contributed by atoms with Gasteiger partial charge in [0, 0.05) is 0 Å². The smallest absolute Gasteiger partial charge is 0.416 e. The van der Waals surface area contributed by atoms with E-state index >= 15 is 0 Å². The Hall–Kier alpha value is -2.02. The van der Waals surface area contributed by atoms with Crippen molar-refractivity contribution in [3.8, 4) is 11.5 Å². The fraction of sp³-hybridized carbons (Fsp3) is 0.182. The highest BCUT2D eigenvalue weighted by molar-refractivity contribution is 5.33. The molecule has 1 heterocycles. The van der Waals surface area contributed by atoms with Crippen LogP contribution in [0.1, 0.15) is 5.56 Å². The van der Waals surface area contributed by atoms with E-state index in [0.29, 0.717) is 5.75 Å². The van der Waals surface area contributed by atoms with Gasteiger partial charge < -0.3 is 10.5 Å². The molecule has 0 aliphatic heterocycles. The quantitative estimate of drug-likeness (QED) is 0.919. The Morgan fingerprint density at radius 3 is 2.67 bits per heavy atom. The summed E-state index contributed by atoms with van der Waals surface area (Å²) >= 11 is 0. The molecule has 0 atom stereocenters. The maximum atomic E-state index is 12.5. The summed E-state index contributed by atoms with van der Waals surface area (Å²) in [7, 11) is 0. The van der Waals surface area contributed by atoms with Crippen molar-refractivity contribution in [1.29, 1.82) is 0 Å². The molecule has 0 aliphatic rings. The first-order chi connectivity index (χ1) is 8.49. The lowest BCUT2D eigenvalue weighted by Crippen LogP contribution is -2.06. The number of benzene rings is 1. The number of alkyl halides is 3. The van der Waals surface area contributed by atoms with E-state index in [4.69, 9.17) is 10.5 Å². The highest BCUT2D eigenvalue weighted by Gasteiger charge is 2.30. The molecule has 0 bridgehead atoms. The number of aromatic nitrogens is 2. The van der Waals surface area contributed by atoms with Crippen LogP contribution >= 0.6 is 0 Å². The van der Waals surface area contributed by atoms with Crippen LogP contribution in [-0.4, -0.2) is 9.78 Å². The lowest BCUT2D eigenvalue weighted by atomic mass is 10.2. The van der Waals surface area contributed by atoms with E-state index in [1.54, 1.807) is 0 Å². The molecule has 1 aromatic heterocycles. The summed E-state index contributed by atoms with van der Waals surface area (Å²) in [5.41, 5.74) is 4.58. The van der Waals surface area contributed by atoms with Crippen LogP contribution in [0.2, 0.25) is 0 Å². The van der Waals surface area contributed by atoms with E-state index in [9.17, 15) is 13.2 Å². The Morgan fingerprint density at radius 1 is 1.28 bits per heavy atom. The first-order valence-corrected chi connectivity index (χ1v) is 5.06. The molecular formula is C11H10F3N3O. The first-order valence-electron chi connectivity index (χ1n) is 5.06. The van der Waals surface area contributed by atoms with Gasteiger partial charge in [0.2, 0.25) is 0 Å². The molecule has 0 radical (unpaired) electrons. The minimum Gasteiger partial charge on any atom is -0.454 e. The molecule has 7 heteroatoms. The summed E-state index contributed by atoms with van der Waals surface area (Å²) in [6, 6.07) is 4.64. The summed E-state index contributed by atoms with van der Waals surface area (Å²) in [6.07, 6.45) is -1.51. The van der Waals surface area contributed by atoms with Crippen LogP contribution in [0.3, 0.4) is 0 Å². The summed E-state index contributed by atoms with van der Waals surface area (Å²) < 4.78 is 44.1. The van der Waals surface area contributed by atoms with Crippen molar-refractivity contribution >= 4 is 0 Å². The number of rotatable bonds is 3. The van der Waals surface area contributed by atoms with E-state index in [0.717, 1.165) is 12.1 Å². The van der Waals surface area contributed by atoms with Crippen LogP contribution in [0.5, 0.6) is 11.5 Å². The van der Waals surface area contributed by atoms with Gasteiger partial charge in [-0.25, -0.2) is 0 Å². The van der Waals surface area contributed by atoms with Crippen molar-refractivity contribution in [3.05, 3.63) is 42.2 Å². The average molecular weight is 257 g/mol. The van der Waals surface area contributed by atoms with Crippen LogP contribution in [0.4, 0.5) is 13.2 Å². The van der Waals surface area contributed by atoms with Crippen LogP contribution < -0.4 is 10.5 Å². The second-order valence-electron chi connectivity index (χ2n) is 3.53. The van der Waals surface area contributed by atoms with Gasteiger partial charge in [-0.2, -0.15) is 18.3 Å². The van der Waals surface area contributed by atoms with Gasteiger partial charge in [-0.15, -0.1) is 0 Å². The van der Waals surface area contributed by atoms with E-state index in [-0.39, 0.29) is 12.4 Å². The van der Waals surface area contributed by atoms with Crippen molar-refractivity contribution in [2.45, 2.75) is 12.8 Å². The maximum absolute atomic E-state index is 12.5. The molecule has 0 saturated carbocycles. The molecule has 2 aromatic rings. The number of halogens is 3. The van der Waals surface area contributed by atoms with Gasteiger partial charge >= 0.3 is 6.18 Å². The fourth-order valence-electron chi connectivity index (χ4n) is 1.37. The second-order valence-corrected chi connectivity index (χ2v) is 3.53. The summed E-state index contributed by atoms with van der Waals surface area (Å²) in [5, 5.41) is 3.85. The SMILES string of the molecule is NCn1cc(Oc2cccc(C(F)(F)F)c2)cn1. The van der Waals surface area contributed by atoms with Crippen molar-refractivity contribution in [1.82, 2.24) is 9.78 Å².